The molecule has 0 bridgehead atoms. The van der Waals surface area contributed by atoms with Crippen LogP contribution in [0.25, 0.3) is 17.4 Å². The highest BCUT2D eigenvalue weighted by Gasteiger charge is 2.09. The fraction of sp³-hybridized carbons (Fsp3) is 0.118. The lowest BCUT2D eigenvalue weighted by Crippen LogP contribution is -2.12. The highest BCUT2D eigenvalue weighted by atomic mass is 16.5. The number of ether oxygens (including phenoxy) is 1. The van der Waals surface area contributed by atoms with E-state index in [2.05, 4.69) is 0 Å². The summed E-state index contributed by atoms with van der Waals surface area (Å²) in [6.07, 6.45) is 1.28. The number of nitrogens with zero attached hydrogens (tertiary/aromatic N) is 1. The molecule has 2 rings (SSSR count). The third-order valence-electron chi connectivity index (χ3n) is 2.98. The summed E-state index contributed by atoms with van der Waals surface area (Å²) in [7, 11) is 0. The average Bonchev–Trinajstić information content (AvgIpc) is 3.01. The lowest BCUT2D eigenvalue weighted by Gasteiger charge is -2.02. The van der Waals surface area contributed by atoms with E-state index in [4.69, 9.17) is 20.1 Å². The minimum Gasteiger partial charge on any atom is -0.462 e. The minimum absolute atomic E-state index is 0.191. The molecule has 1 amide bonds. The number of nitrogens with two attached hydrogens (primary N) is 1. The minimum atomic E-state index is -0.816. The molecule has 0 fully saturated rings. The number of nitriles is 1. The molecule has 0 aliphatic rings. The van der Waals surface area contributed by atoms with Gasteiger partial charge in [-0.3, -0.25) is 4.79 Å². The second-order valence-corrected chi connectivity index (χ2v) is 4.53. The van der Waals surface area contributed by atoms with Gasteiger partial charge in [-0.15, -0.1) is 0 Å². The molecule has 1 aromatic carbocycles. The van der Waals surface area contributed by atoms with Gasteiger partial charge in [0.25, 0.3) is 5.91 Å². The second-order valence-electron chi connectivity index (χ2n) is 4.53. The van der Waals surface area contributed by atoms with Gasteiger partial charge in [-0.25, -0.2) is 4.79 Å². The zero-order valence-corrected chi connectivity index (χ0v) is 12.4. The molecule has 116 valence electrons. The maximum absolute atomic E-state index is 11.6. The van der Waals surface area contributed by atoms with Crippen molar-refractivity contribution in [2.75, 3.05) is 6.61 Å². The van der Waals surface area contributed by atoms with Crippen molar-refractivity contribution in [2.24, 2.45) is 5.73 Å². The predicted octanol–water partition coefficient (Wildman–Crippen LogP) is 2.52. The molecule has 2 aromatic rings. The number of hydrogen-bond donors (Lipinski definition) is 1. The van der Waals surface area contributed by atoms with Gasteiger partial charge in [-0.2, -0.15) is 5.26 Å². The number of furan rings is 1. The first-order valence-corrected chi connectivity index (χ1v) is 6.84. The molecule has 1 heterocycles. The number of carbonyl (C=O) groups is 2. The number of primary amides is 1. The molecule has 0 aliphatic heterocycles. The van der Waals surface area contributed by atoms with E-state index in [-0.39, 0.29) is 11.5 Å². The van der Waals surface area contributed by atoms with E-state index in [1.165, 1.54) is 6.08 Å². The maximum Gasteiger partial charge on any atom is 0.338 e. The average molecular weight is 310 g/mol. The van der Waals surface area contributed by atoms with Crippen molar-refractivity contribution in [3.63, 3.8) is 0 Å². The van der Waals surface area contributed by atoms with Crippen LogP contribution in [0.2, 0.25) is 0 Å². The highest BCUT2D eigenvalue weighted by molar-refractivity contribution is 6.00. The normalized spacial score (nSPS) is 10.9. The third kappa shape index (κ3) is 3.86. The first-order chi connectivity index (χ1) is 11.0. The summed E-state index contributed by atoms with van der Waals surface area (Å²) >= 11 is 0. The largest absolute Gasteiger partial charge is 0.462 e. The molecule has 6 nitrogen and oxygen atoms in total. The Morgan fingerprint density at radius 2 is 1.96 bits per heavy atom. The first-order valence-electron chi connectivity index (χ1n) is 6.84. The Morgan fingerprint density at radius 1 is 1.26 bits per heavy atom. The lowest BCUT2D eigenvalue weighted by molar-refractivity contribution is -0.114. The number of esters is 1. The van der Waals surface area contributed by atoms with E-state index in [9.17, 15) is 9.59 Å². The molecule has 0 radical (unpaired) electrons. The fourth-order valence-electron chi connectivity index (χ4n) is 1.87. The number of rotatable bonds is 5. The molecular weight excluding hydrogens is 296 g/mol. The van der Waals surface area contributed by atoms with Crippen LogP contribution in [0.4, 0.5) is 0 Å². The van der Waals surface area contributed by atoms with Crippen molar-refractivity contribution in [3.8, 4) is 17.4 Å². The van der Waals surface area contributed by atoms with Gasteiger partial charge in [-0.1, -0.05) is 12.1 Å². The molecule has 0 saturated carbocycles. The summed E-state index contributed by atoms with van der Waals surface area (Å²) in [5.74, 6) is -0.329. The van der Waals surface area contributed by atoms with Crippen molar-refractivity contribution in [2.45, 2.75) is 6.92 Å². The molecule has 0 saturated heterocycles. The van der Waals surface area contributed by atoms with Crippen LogP contribution >= 0.6 is 0 Å². The van der Waals surface area contributed by atoms with E-state index >= 15 is 0 Å². The van der Waals surface area contributed by atoms with Crippen LogP contribution in [0.1, 0.15) is 23.0 Å². The molecule has 0 aliphatic carbocycles. The van der Waals surface area contributed by atoms with Gasteiger partial charge in [-0.05, 0) is 31.2 Å². The van der Waals surface area contributed by atoms with Gasteiger partial charge >= 0.3 is 5.97 Å². The van der Waals surface area contributed by atoms with E-state index in [0.29, 0.717) is 23.7 Å². The Kier molecular flexibility index (Phi) is 4.95. The Balaban J connectivity index is 2.23. The molecule has 2 N–H and O–H groups in total. The van der Waals surface area contributed by atoms with E-state index in [1.807, 2.05) is 0 Å². The van der Waals surface area contributed by atoms with Crippen molar-refractivity contribution < 1.29 is 18.7 Å². The number of carbonyl (C=O) groups excluding carboxylic acids is 2. The number of amides is 1. The van der Waals surface area contributed by atoms with E-state index in [0.717, 1.165) is 5.56 Å². The quantitative estimate of drug-likeness (QED) is 0.519. The predicted molar refractivity (Wildman–Crippen MR) is 82.9 cm³/mol. The molecule has 23 heavy (non-hydrogen) atoms. The van der Waals surface area contributed by atoms with Crippen LogP contribution in [0.5, 0.6) is 0 Å². The summed E-state index contributed by atoms with van der Waals surface area (Å²) in [6.45, 7) is 2.06. The second kappa shape index (κ2) is 7.09. The molecule has 0 spiro atoms. The van der Waals surface area contributed by atoms with Crippen molar-refractivity contribution in [1.82, 2.24) is 0 Å². The van der Waals surface area contributed by atoms with Crippen molar-refractivity contribution >= 4 is 18.0 Å². The third-order valence-corrected chi connectivity index (χ3v) is 2.98. The smallest absolute Gasteiger partial charge is 0.338 e. The summed E-state index contributed by atoms with van der Waals surface area (Å²) in [6, 6.07) is 11.7. The van der Waals surface area contributed by atoms with Crippen LogP contribution in [0.15, 0.2) is 46.4 Å². The van der Waals surface area contributed by atoms with Gasteiger partial charge in [0.05, 0.1) is 12.2 Å². The topological polar surface area (TPSA) is 106 Å². The molecule has 6 heteroatoms. The maximum atomic E-state index is 11.6. The van der Waals surface area contributed by atoms with Gasteiger partial charge < -0.3 is 14.9 Å². The standard InChI is InChI=1S/C17H14N2O4/c1-2-22-17(21)12-5-3-11(4-6-12)15-8-7-14(23-15)9-13(10-18)16(19)20/h3-9H,2H2,1H3,(H2,19,20)/b13-9+. The van der Waals surface area contributed by atoms with Crippen LogP contribution in [0.3, 0.4) is 0 Å². The summed E-state index contributed by atoms with van der Waals surface area (Å²) in [5, 5.41) is 8.80. The molecule has 1 aromatic heterocycles. The number of benzene rings is 1. The Hall–Kier alpha value is -3.33. The lowest BCUT2D eigenvalue weighted by atomic mass is 10.1. The summed E-state index contributed by atoms with van der Waals surface area (Å²) in [5.41, 5.74) is 6.07. The van der Waals surface area contributed by atoms with E-state index in [1.54, 1.807) is 49.4 Å². The van der Waals surface area contributed by atoms with Crippen LogP contribution in [0, 0.1) is 11.3 Å². The van der Waals surface area contributed by atoms with Crippen LogP contribution in [-0.4, -0.2) is 18.5 Å². The van der Waals surface area contributed by atoms with Gasteiger partial charge in [0.2, 0.25) is 0 Å². The van der Waals surface area contributed by atoms with Gasteiger partial charge in [0.1, 0.15) is 23.2 Å². The zero-order chi connectivity index (χ0) is 16.8. The van der Waals surface area contributed by atoms with Crippen LogP contribution in [-0.2, 0) is 9.53 Å². The van der Waals surface area contributed by atoms with E-state index < -0.39 is 5.91 Å². The van der Waals surface area contributed by atoms with Gasteiger partial charge in [0.15, 0.2) is 0 Å². The number of hydrogen-bond acceptors (Lipinski definition) is 5. The Morgan fingerprint density at radius 3 is 2.52 bits per heavy atom. The zero-order valence-electron chi connectivity index (χ0n) is 12.4. The Bertz CT molecular complexity index is 795. The van der Waals surface area contributed by atoms with Gasteiger partial charge in [0, 0.05) is 11.6 Å². The molecule has 0 atom stereocenters. The first kappa shape index (κ1) is 16.0. The molecule has 0 unspecified atom stereocenters. The molecular formula is C17H14N2O4. The van der Waals surface area contributed by atoms with Crippen LogP contribution < -0.4 is 5.73 Å². The van der Waals surface area contributed by atoms with Crippen molar-refractivity contribution in [1.29, 1.82) is 5.26 Å². The fourth-order valence-corrected chi connectivity index (χ4v) is 1.87. The summed E-state index contributed by atoms with van der Waals surface area (Å²) < 4.78 is 10.5. The SMILES string of the molecule is CCOC(=O)c1ccc(-c2ccc(/C=C(\C#N)C(N)=O)o2)cc1. The Labute approximate surface area is 132 Å². The summed E-state index contributed by atoms with van der Waals surface area (Å²) in [4.78, 5) is 22.6. The highest BCUT2D eigenvalue weighted by Crippen LogP contribution is 2.24. The van der Waals surface area contributed by atoms with Crippen molar-refractivity contribution in [3.05, 3.63) is 53.3 Å². The monoisotopic (exact) mass is 310 g/mol.